The Morgan fingerprint density at radius 1 is 0.952 bits per heavy atom. The van der Waals surface area contributed by atoms with E-state index in [1.165, 1.54) is 12.1 Å². The Hall–Kier alpha value is -0.640. The summed E-state index contributed by atoms with van der Waals surface area (Å²) in [7, 11) is 0. The van der Waals surface area contributed by atoms with Gasteiger partial charge in [-0.3, -0.25) is 4.79 Å². The van der Waals surface area contributed by atoms with Crippen molar-refractivity contribution < 1.29 is 9.53 Å². The van der Waals surface area contributed by atoms with Crippen LogP contribution in [0.4, 0.5) is 0 Å². The SMILES string of the molecule is O=C(Cl)c1cc(Cl)c(OCc2ccc(Cl)cc2Cl)c(Cl)c1. The lowest BCUT2D eigenvalue weighted by molar-refractivity contribution is 0.108. The van der Waals surface area contributed by atoms with Gasteiger partial charge in [0.1, 0.15) is 6.61 Å². The molecule has 2 nitrogen and oxygen atoms in total. The molecule has 0 saturated carbocycles. The number of carbonyl (C=O) groups is 1. The Labute approximate surface area is 146 Å². The summed E-state index contributed by atoms with van der Waals surface area (Å²) in [6.45, 7) is 0.156. The average Bonchev–Trinajstić information content (AvgIpc) is 2.39. The van der Waals surface area contributed by atoms with Gasteiger partial charge in [-0.05, 0) is 35.9 Å². The first kappa shape index (κ1) is 16.7. The first-order chi connectivity index (χ1) is 9.88. The molecule has 21 heavy (non-hydrogen) atoms. The van der Waals surface area contributed by atoms with E-state index in [2.05, 4.69) is 0 Å². The monoisotopic (exact) mass is 382 g/mol. The minimum atomic E-state index is -0.647. The van der Waals surface area contributed by atoms with Crippen molar-refractivity contribution in [3.8, 4) is 5.75 Å². The van der Waals surface area contributed by atoms with Crippen LogP contribution in [0, 0.1) is 0 Å². The van der Waals surface area contributed by atoms with Gasteiger partial charge in [-0.1, -0.05) is 52.5 Å². The fourth-order valence-electron chi connectivity index (χ4n) is 1.60. The Morgan fingerprint density at radius 3 is 2.10 bits per heavy atom. The summed E-state index contributed by atoms with van der Waals surface area (Å²) in [6, 6.07) is 7.83. The third kappa shape index (κ3) is 4.18. The number of carbonyl (C=O) groups excluding carboxylic acids is 1. The summed E-state index contributed by atoms with van der Waals surface area (Å²) >= 11 is 29.3. The Kier molecular flexibility index (Phi) is 5.64. The lowest BCUT2D eigenvalue weighted by Gasteiger charge is -2.12. The molecule has 0 aromatic heterocycles. The summed E-state index contributed by atoms with van der Waals surface area (Å²) in [5.41, 5.74) is 0.925. The number of halogens is 5. The molecule has 0 bridgehead atoms. The van der Waals surface area contributed by atoms with Crippen LogP contribution in [-0.2, 0) is 6.61 Å². The van der Waals surface area contributed by atoms with E-state index >= 15 is 0 Å². The zero-order valence-corrected chi connectivity index (χ0v) is 14.1. The summed E-state index contributed by atoms with van der Waals surface area (Å²) < 4.78 is 5.56. The van der Waals surface area contributed by atoms with Crippen LogP contribution in [0.25, 0.3) is 0 Å². The average molecular weight is 384 g/mol. The molecule has 0 N–H and O–H groups in total. The molecule has 0 aliphatic carbocycles. The molecule has 2 aromatic rings. The highest BCUT2D eigenvalue weighted by Gasteiger charge is 2.13. The maximum absolute atomic E-state index is 11.1. The number of hydrogen-bond acceptors (Lipinski definition) is 2. The molecule has 0 unspecified atom stereocenters. The fourth-order valence-corrected chi connectivity index (χ4v) is 2.77. The second-order valence-corrected chi connectivity index (χ2v) is 6.07. The first-order valence-electron chi connectivity index (χ1n) is 5.64. The Morgan fingerprint density at radius 2 is 1.57 bits per heavy atom. The van der Waals surface area contributed by atoms with Crippen molar-refractivity contribution in [2.24, 2.45) is 0 Å². The van der Waals surface area contributed by atoms with Gasteiger partial charge in [-0.2, -0.15) is 0 Å². The van der Waals surface area contributed by atoms with Gasteiger partial charge in [0, 0.05) is 21.2 Å². The van der Waals surface area contributed by atoms with Crippen LogP contribution in [0.5, 0.6) is 5.75 Å². The maximum atomic E-state index is 11.1. The van der Waals surface area contributed by atoms with Crippen LogP contribution in [0.15, 0.2) is 30.3 Å². The second kappa shape index (κ2) is 7.08. The summed E-state index contributed by atoms with van der Waals surface area (Å²) in [4.78, 5) is 11.1. The minimum absolute atomic E-state index is 0.156. The molecule has 0 fully saturated rings. The van der Waals surface area contributed by atoms with Crippen LogP contribution in [0.1, 0.15) is 15.9 Å². The van der Waals surface area contributed by atoms with Crippen LogP contribution in [0.3, 0.4) is 0 Å². The van der Waals surface area contributed by atoms with Gasteiger partial charge in [0.25, 0.3) is 5.24 Å². The summed E-state index contributed by atoms with van der Waals surface area (Å²) in [6.07, 6.45) is 0. The van der Waals surface area contributed by atoms with Gasteiger partial charge in [0.15, 0.2) is 5.75 Å². The molecule has 0 heterocycles. The number of benzene rings is 2. The third-order valence-electron chi connectivity index (χ3n) is 2.61. The van der Waals surface area contributed by atoms with E-state index in [1.54, 1.807) is 18.2 Å². The van der Waals surface area contributed by atoms with E-state index in [0.29, 0.717) is 10.0 Å². The lowest BCUT2D eigenvalue weighted by atomic mass is 10.2. The van der Waals surface area contributed by atoms with Crippen molar-refractivity contribution in [3.63, 3.8) is 0 Å². The van der Waals surface area contributed by atoms with Crippen LogP contribution < -0.4 is 4.74 Å². The van der Waals surface area contributed by atoms with E-state index in [-0.39, 0.29) is 28.0 Å². The molecule has 0 saturated heterocycles. The van der Waals surface area contributed by atoms with Gasteiger partial charge < -0.3 is 4.74 Å². The maximum Gasteiger partial charge on any atom is 0.252 e. The molecule has 0 amide bonds. The molecule has 110 valence electrons. The van der Waals surface area contributed by atoms with Crippen molar-refractivity contribution in [1.29, 1.82) is 0 Å². The topological polar surface area (TPSA) is 26.3 Å². The molecule has 0 spiro atoms. The molecular weight excluding hydrogens is 377 g/mol. The van der Waals surface area contributed by atoms with Gasteiger partial charge >= 0.3 is 0 Å². The van der Waals surface area contributed by atoms with E-state index in [9.17, 15) is 4.79 Å². The van der Waals surface area contributed by atoms with Gasteiger partial charge in [0.2, 0.25) is 0 Å². The highest BCUT2D eigenvalue weighted by Crippen LogP contribution is 2.35. The van der Waals surface area contributed by atoms with Crippen LogP contribution >= 0.6 is 58.0 Å². The van der Waals surface area contributed by atoms with E-state index in [0.717, 1.165) is 5.56 Å². The number of rotatable bonds is 4. The quantitative estimate of drug-likeness (QED) is 0.582. The second-order valence-electron chi connectivity index (χ2n) is 4.07. The lowest BCUT2D eigenvalue weighted by Crippen LogP contribution is -1.99. The van der Waals surface area contributed by atoms with Crippen LogP contribution in [0.2, 0.25) is 20.1 Å². The number of ether oxygens (including phenoxy) is 1. The molecule has 0 atom stereocenters. The van der Waals surface area contributed by atoms with E-state index in [1.807, 2.05) is 0 Å². The van der Waals surface area contributed by atoms with E-state index in [4.69, 9.17) is 62.7 Å². The molecule has 0 aliphatic rings. The highest BCUT2D eigenvalue weighted by molar-refractivity contribution is 6.68. The van der Waals surface area contributed by atoms with Gasteiger partial charge in [0.05, 0.1) is 10.0 Å². The van der Waals surface area contributed by atoms with Gasteiger partial charge in [-0.15, -0.1) is 0 Å². The Balaban J connectivity index is 2.22. The highest BCUT2D eigenvalue weighted by atomic mass is 35.5. The van der Waals surface area contributed by atoms with E-state index < -0.39 is 5.24 Å². The molecular formula is C14H7Cl5O2. The summed E-state index contributed by atoms with van der Waals surface area (Å²) in [5, 5.41) is 0.742. The molecule has 2 rings (SSSR count). The number of hydrogen-bond donors (Lipinski definition) is 0. The van der Waals surface area contributed by atoms with Crippen molar-refractivity contribution in [1.82, 2.24) is 0 Å². The molecule has 0 aliphatic heterocycles. The third-order valence-corrected chi connectivity index (χ3v) is 3.98. The molecule has 7 heteroatoms. The van der Waals surface area contributed by atoms with Crippen molar-refractivity contribution in [2.45, 2.75) is 6.61 Å². The standard InChI is InChI=1S/C14H7Cl5O2/c15-9-2-1-7(10(16)5-9)6-21-13-11(17)3-8(14(19)20)4-12(13)18/h1-5H,6H2. The van der Waals surface area contributed by atoms with Crippen molar-refractivity contribution in [3.05, 3.63) is 61.5 Å². The molecule has 0 radical (unpaired) electrons. The normalized spacial score (nSPS) is 10.5. The molecule has 2 aromatic carbocycles. The zero-order chi connectivity index (χ0) is 15.6. The predicted molar refractivity (Wildman–Crippen MR) is 87.4 cm³/mol. The summed E-state index contributed by atoms with van der Waals surface area (Å²) in [5.74, 6) is 0.256. The largest absolute Gasteiger partial charge is 0.486 e. The first-order valence-corrected chi connectivity index (χ1v) is 7.53. The minimum Gasteiger partial charge on any atom is -0.486 e. The predicted octanol–water partition coefficient (Wildman–Crippen LogP) is 6.26. The van der Waals surface area contributed by atoms with Crippen LogP contribution in [-0.4, -0.2) is 5.24 Å². The van der Waals surface area contributed by atoms with Gasteiger partial charge in [-0.25, -0.2) is 0 Å². The van der Waals surface area contributed by atoms with Crippen molar-refractivity contribution in [2.75, 3.05) is 0 Å². The van der Waals surface area contributed by atoms with Crippen molar-refractivity contribution >= 4 is 63.2 Å². The Bertz CT molecular complexity index is 677. The smallest absolute Gasteiger partial charge is 0.252 e. The fraction of sp³-hybridized carbons (Fsp3) is 0.0714. The zero-order valence-electron chi connectivity index (χ0n) is 10.3.